The number of nitrogens with zero attached hydrogens (tertiary/aromatic N) is 2. The lowest BCUT2D eigenvalue weighted by molar-refractivity contribution is 1.07. The fourth-order valence-corrected chi connectivity index (χ4v) is 5.82. The second-order valence-electron chi connectivity index (χ2n) is 11.5. The molecule has 0 fully saturated rings. The van der Waals surface area contributed by atoms with Crippen molar-refractivity contribution in [3.05, 3.63) is 205 Å². The van der Waals surface area contributed by atoms with Gasteiger partial charge >= 0.3 is 0 Å². The van der Waals surface area contributed by atoms with Crippen LogP contribution in [-0.2, 0) is 6.54 Å². The maximum atomic E-state index is 5.18. The Morgan fingerprint density at radius 1 is 0.646 bits per heavy atom. The van der Waals surface area contributed by atoms with Crippen molar-refractivity contribution in [1.82, 2.24) is 0 Å². The lowest BCUT2D eigenvalue weighted by Crippen LogP contribution is -2.01. The number of hydrogen-bond acceptors (Lipinski definition) is 2. The van der Waals surface area contributed by atoms with E-state index < -0.39 is 0 Å². The minimum Gasteiger partial charge on any atom is -0.280 e. The van der Waals surface area contributed by atoms with E-state index >= 15 is 0 Å². The largest absolute Gasteiger partial charge is 0.280 e. The third-order valence-electron chi connectivity index (χ3n) is 8.40. The molecule has 0 atom stereocenters. The number of hydrogen-bond donors (Lipinski definition) is 0. The summed E-state index contributed by atoms with van der Waals surface area (Å²) in [7, 11) is 0. The zero-order valence-corrected chi connectivity index (χ0v) is 27.3. The normalized spacial score (nSPS) is 12.4. The minimum atomic E-state index is 0.527. The summed E-state index contributed by atoms with van der Waals surface area (Å²) in [6.45, 7) is 10.4. The quantitative estimate of drug-likeness (QED) is 0.102. The van der Waals surface area contributed by atoms with Crippen LogP contribution in [0.15, 0.2) is 193 Å². The number of rotatable bonds is 11. The Kier molecular flexibility index (Phi) is 10.2. The van der Waals surface area contributed by atoms with Gasteiger partial charge in [-0.15, -0.1) is 0 Å². The zero-order valence-electron chi connectivity index (χ0n) is 27.3. The van der Waals surface area contributed by atoms with Crippen LogP contribution < -0.4 is 0 Å². The molecule has 0 unspecified atom stereocenters. The molecule has 0 spiro atoms. The van der Waals surface area contributed by atoms with E-state index in [4.69, 9.17) is 4.99 Å². The Morgan fingerprint density at radius 2 is 1.33 bits per heavy atom. The highest BCUT2D eigenvalue weighted by Gasteiger charge is 2.09. The first-order valence-corrected chi connectivity index (χ1v) is 16.2. The van der Waals surface area contributed by atoms with Crippen molar-refractivity contribution < 1.29 is 0 Å². The number of benzene rings is 6. The van der Waals surface area contributed by atoms with Crippen LogP contribution in [0.4, 0.5) is 0 Å². The van der Waals surface area contributed by atoms with Crippen LogP contribution in [0.3, 0.4) is 0 Å². The zero-order chi connectivity index (χ0) is 33.1. The van der Waals surface area contributed by atoms with Crippen molar-refractivity contribution in [2.24, 2.45) is 9.98 Å². The standard InChI is InChI=1S/C46H38N2/c1-4-6-14-35(5-2)37-27-29-40(30-28-37)45(47-3)32-46(42-20-12-19-41(31-42)36-15-8-7-9-16-36)48-33-34-23-25-39(26-24-34)44-22-13-18-38-17-10-11-21-43(38)44/h4-32H,2-3,33H2,1H3/b6-4-,35-14+,45-32-,48-46?. The van der Waals surface area contributed by atoms with E-state index in [1.807, 2.05) is 37.3 Å². The Morgan fingerprint density at radius 3 is 2.08 bits per heavy atom. The summed E-state index contributed by atoms with van der Waals surface area (Å²) in [6, 6.07) is 51.0. The SMILES string of the molecule is C=C/C(=C\C=C/C)c1ccc(/C(=C/C(=NCc2ccc(-c3cccc4ccccc34)cc2)c2cccc(-c3ccccc3)c2)N=C)cc1. The first kappa shape index (κ1) is 31.8. The van der Waals surface area contributed by atoms with Crippen LogP contribution in [0, 0.1) is 0 Å². The van der Waals surface area contributed by atoms with Gasteiger partial charge in [0.25, 0.3) is 0 Å². The van der Waals surface area contributed by atoms with Gasteiger partial charge in [0.1, 0.15) is 0 Å². The highest BCUT2D eigenvalue weighted by atomic mass is 14.8. The molecule has 0 saturated carbocycles. The fraction of sp³-hybridized carbons (Fsp3) is 0.0435. The average Bonchev–Trinajstić information content (AvgIpc) is 3.16. The molecule has 6 aromatic carbocycles. The predicted octanol–water partition coefficient (Wildman–Crippen LogP) is 12.1. The predicted molar refractivity (Wildman–Crippen MR) is 208 cm³/mol. The monoisotopic (exact) mass is 618 g/mol. The molecule has 0 heterocycles. The minimum absolute atomic E-state index is 0.527. The highest BCUT2D eigenvalue weighted by Crippen LogP contribution is 2.29. The molecule has 0 aliphatic heterocycles. The molecule has 0 amide bonds. The fourth-order valence-electron chi connectivity index (χ4n) is 5.82. The maximum absolute atomic E-state index is 5.18. The van der Waals surface area contributed by atoms with Gasteiger partial charge in [0.05, 0.1) is 18.0 Å². The van der Waals surface area contributed by atoms with Crippen molar-refractivity contribution >= 4 is 34.5 Å². The number of aliphatic imine (C=N–C) groups is 2. The molecule has 0 saturated heterocycles. The Hall–Kier alpha value is -6.12. The third kappa shape index (κ3) is 7.46. The summed E-state index contributed by atoms with van der Waals surface area (Å²) in [6.07, 6.45) is 10.00. The average molecular weight is 619 g/mol. The topological polar surface area (TPSA) is 24.7 Å². The van der Waals surface area contributed by atoms with Crippen molar-refractivity contribution in [2.45, 2.75) is 13.5 Å². The molecule has 0 radical (unpaired) electrons. The lowest BCUT2D eigenvalue weighted by Gasteiger charge is -2.10. The van der Waals surface area contributed by atoms with Gasteiger partial charge in [0.15, 0.2) is 0 Å². The molecule has 0 aliphatic carbocycles. The molecular formula is C46H38N2. The first-order chi connectivity index (χ1) is 23.7. The van der Waals surface area contributed by atoms with Gasteiger partial charge in [-0.05, 0) is 75.5 Å². The molecular weight excluding hydrogens is 581 g/mol. The van der Waals surface area contributed by atoms with Crippen molar-refractivity contribution in [3.8, 4) is 22.3 Å². The molecule has 6 aromatic rings. The summed E-state index contributed by atoms with van der Waals surface area (Å²) in [5.74, 6) is 0. The molecule has 0 bridgehead atoms. The van der Waals surface area contributed by atoms with Crippen LogP contribution in [0.2, 0.25) is 0 Å². The molecule has 2 heteroatoms. The van der Waals surface area contributed by atoms with Crippen molar-refractivity contribution in [1.29, 1.82) is 0 Å². The van der Waals surface area contributed by atoms with Gasteiger partial charge in [-0.2, -0.15) is 0 Å². The van der Waals surface area contributed by atoms with Crippen LogP contribution in [0.1, 0.15) is 29.2 Å². The molecule has 6 rings (SSSR count). The van der Waals surface area contributed by atoms with E-state index in [1.54, 1.807) is 0 Å². The van der Waals surface area contributed by atoms with E-state index in [-0.39, 0.29) is 0 Å². The van der Waals surface area contributed by atoms with E-state index in [9.17, 15) is 0 Å². The molecule has 0 aliphatic rings. The summed E-state index contributed by atoms with van der Waals surface area (Å²) >= 11 is 0. The molecule has 0 aromatic heterocycles. The Labute approximate surface area is 284 Å². The number of allylic oxidation sites excluding steroid dienone is 6. The van der Waals surface area contributed by atoms with E-state index in [0.717, 1.165) is 50.4 Å². The van der Waals surface area contributed by atoms with Gasteiger partial charge in [-0.1, -0.05) is 170 Å². The van der Waals surface area contributed by atoms with Crippen LogP contribution >= 0.6 is 0 Å². The van der Waals surface area contributed by atoms with Crippen LogP contribution in [0.5, 0.6) is 0 Å². The second kappa shape index (κ2) is 15.4. The van der Waals surface area contributed by atoms with Crippen LogP contribution in [-0.4, -0.2) is 12.4 Å². The van der Waals surface area contributed by atoms with Crippen molar-refractivity contribution in [3.63, 3.8) is 0 Å². The van der Waals surface area contributed by atoms with Gasteiger partial charge < -0.3 is 0 Å². The second-order valence-corrected chi connectivity index (χ2v) is 11.5. The molecule has 0 N–H and O–H groups in total. The van der Waals surface area contributed by atoms with E-state index in [1.165, 1.54) is 21.9 Å². The van der Waals surface area contributed by atoms with E-state index in [0.29, 0.717) is 6.54 Å². The Bertz CT molecular complexity index is 2160. The van der Waals surface area contributed by atoms with Crippen LogP contribution in [0.25, 0.3) is 44.3 Å². The molecule has 2 nitrogen and oxygen atoms in total. The van der Waals surface area contributed by atoms with Gasteiger partial charge in [-0.3, -0.25) is 9.98 Å². The van der Waals surface area contributed by atoms with E-state index in [2.05, 4.69) is 164 Å². The van der Waals surface area contributed by atoms with Gasteiger partial charge in [-0.25, -0.2) is 0 Å². The Balaban J connectivity index is 1.35. The number of fused-ring (bicyclic) bond motifs is 1. The summed E-state index contributed by atoms with van der Waals surface area (Å²) in [4.78, 5) is 9.64. The summed E-state index contributed by atoms with van der Waals surface area (Å²) < 4.78 is 0. The summed E-state index contributed by atoms with van der Waals surface area (Å²) in [5, 5.41) is 2.49. The highest BCUT2D eigenvalue weighted by molar-refractivity contribution is 6.13. The molecule has 232 valence electrons. The third-order valence-corrected chi connectivity index (χ3v) is 8.40. The smallest absolute Gasteiger partial charge is 0.0716 e. The summed E-state index contributed by atoms with van der Waals surface area (Å²) in [5.41, 5.74) is 11.6. The lowest BCUT2D eigenvalue weighted by atomic mass is 9.97. The van der Waals surface area contributed by atoms with Gasteiger partial charge in [0.2, 0.25) is 0 Å². The van der Waals surface area contributed by atoms with Gasteiger partial charge in [0, 0.05) is 11.1 Å². The maximum Gasteiger partial charge on any atom is 0.0716 e. The van der Waals surface area contributed by atoms with Crippen molar-refractivity contribution in [2.75, 3.05) is 0 Å². The first-order valence-electron chi connectivity index (χ1n) is 16.2. The molecule has 48 heavy (non-hydrogen) atoms.